The highest BCUT2D eigenvalue weighted by Crippen LogP contribution is 2.19. The SMILES string of the molecule is Cn1nc(-c2ccc(F)cc2)cc1C(=O)CCl. The minimum Gasteiger partial charge on any atom is -0.291 e. The van der Waals surface area contributed by atoms with Crippen molar-refractivity contribution in [1.29, 1.82) is 0 Å². The van der Waals surface area contributed by atoms with Crippen molar-refractivity contribution in [3.8, 4) is 11.3 Å². The fourth-order valence-corrected chi connectivity index (χ4v) is 1.70. The predicted molar refractivity (Wildman–Crippen MR) is 63.7 cm³/mol. The van der Waals surface area contributed by atoms with Crippen molar-refractivity contribution in [3.63, 3.8) is 0 Å². The van der Waals surface area contributed by atoms with Crippen molar-refractivity contribution in [1.82, 2.24) is 9.78 Å². The maximum atomic E-state index is 12.8. The fraction of sp³-hybridized carbons (Fsp3) is 0.167. The standard InChI is InChI=1S/C12H10ClFN2O/c1-16-11(12(17)7-13)6-10(15-16)8-2-4-9(14)5-3-8/h2-6H,7H2,1H3. The zero-order valence-corrected chi connectivity index (χ0v) is 9.91. The molecule has 1 heterocycles. The van der Waals surface area contributed by atoms with E-state index in [2.05, 4.69) is 5.10 Å². The van der Waals surface area contributed by atoms with Crippen molar-refractivity contribution in [2.45, 2.75) is 0 Å². The first-order chi connectivity index (χ1) is 8.11. The van der Waals surface area contributed by atoms with Gasteiger partial charge in [-0.1, -0.05) is 0 Å². The zero-order valence-electron chi connectivity index (χ0n) is 9.15. The number of benzene rings is 1. The van der Waals surface area contributed by atoms with Crippen LogP contribution in [0.5, 0.6) is 0 Å². The molecule has 0 atom stereocenters. The van der Waals surface area contributed by atoms with Crippen LogP contribution in [0.4, 0.5) is 4.39 Å². The van der Waals surface area contributed by atoms with Crippen molar-refractivity contribution < 1.29 is 9.18 Å². The number of alkyl halides is 1. The first kappa shape index (κ1) is 11.8. The summed E-state index contributed by atoms with van der Waals surface area (Å²) in [4.78, 5) is 11.5. The molecular formula is C12H10ClFN2O. The number of carbonyl (C=O) groups excluding carboxylic acids is 1. The van der Waals surface area contributed by atoms with Crippen LogP contribution in [-0.4, -0.2) is 21.4 Å². The van der Waals surface area contributed by atoms with Gasteiger partial charge in [-0.05, 0) is 30.3 Å². The average Bonchev–Trinajstić information content (AvgIpc) is 2.71. The fourth-order valence-electron chi connectivity index (χ4n) is 1.56. The van der Waals surface area contributed by atoms with Gasteiger partial charge in [-0.25, -0.2) is 4.39 Å². The smallest absolute Gasteiger partial charge is 0.195 e. The first-order valence-corrected chi connectivity index (χ1v) is 5.54. The Bertz CT molecular complexity index is 548. The molecule has 0 bridgehead atoms. The summed E-state index contributed by atoms with van der Waals surface area (Å²) in [5.41, 5.74) is 1.83. The molecule has 17 heavy (non-hydrogen) atoms. The van der Waals surface area contributed by atoms with E-state index in [0.717, 1.165) is 5.56 Å². The van der Waals surface area contributed by atoms with E-state index in [-0.39, 0.29) is 17.5 Å². The van der Waals surface area contributed by atoms with Crippen molar-refractivity contribution in [2.24, 2.45) is 7.05 Å². The second kappa shape index (κ2) is 4.67. The normalized spacial score (nSPS) is 10.5. The van der Waals surface area contributed by atoms with Crippen LogP contribution < -0.4 is 0 Å². The third-order valence-corrected chi connectivity index (χ3v) is 2.67. The molecule has 0 fully saturated rings. The lowest BCUT2D eigenvalue weighted by Crippen LogP contribution is -2.07. The first-order valence-electron chi connectivity index (χ1n) is 5.01. The van der Waals surface area contributed by atoms with Crippen LogP contribution >= 0.6 is 11.6 Å². The second-order valence-corrected chi connectivity index (χ2v) is 3.87. The van der Waals surface area contributed by atoms with Crippen LogP contribution in [0.2, 0.25) is 0 Å². The van der Waals surface area contributed by atoms with Crippen LogP contribution in [0.15, 0.2) is 30.3 Å². The molecule has 0 saturated carbocycles. The molecule has 88 valence electrons. The Hall–Kier alpha value is -1.68. The van der Waals surface area contributed by atoms with Gasteiger partial charge in [-0.15, -0.1) is 11.6 Å². The lowest BCUT2D eigenvalue weighted by Gasteiger charge is -1.95. The molecular weight excluding hydrogens is 243 g/mol. The molecule has 0 spiro atoms. The highest BCUT2D eigenvalue weighted by molar-refractivity contribution is 6.30. The Morgan fingerprint density at radius 1 is 1.41 bits per heavy atom. The summed E-state index contributed by atoms with van der Waals surface area (Å²) in [6, 6.07) is 7.59. The lowest BCUT2D eigenvalue weighted by molar-refractivity contribution is 0.101. The highest BCUT2D eigenvalue weighted by atomic mass is 35.5. The van der Waals surface area contributed by atoms with Gasteiger partial charge in [-0.3, -0.25) is 9.48 Å². The molecule has 0 aliphatic rings. The van der Waals surface area contributed by atoms with E-state index >= 15 is 0 Å². The summed E-state index contributed by atoms with van der Waals surface area (Å²) in [5, 5.41) is 4.19. The Labute approximate surface area is 103 Å². The van der Waals surface area contributed by atoms with Crippen LogP contribution in [0.25, 0.3) is 11.3 Å². The van der Waals surface area contributed by atoms with Gasteiger partial charge in [0.15, 0.2) is 5.78 Å². The molecule has 3 nitrogen and oxygen atoms in total. The maximum Gasteiger partial charge on any atom is 0.195 e. The molecule has 2 aromatic rings. The van der Waals surface area contributed by atoms with Crippen LogP contribution in [0.3, 0.4) is 0 Å². The molecule has 0 amide bonds. The monoisotopic (exact) mass is 252 g/mol. The van der Waals surface area contributed by atoms with E-state index < -0.39 is 0 Å². The van der Waals surface area contributed by atoms with Crippen LogP contribution in [0, 0.1) is 5.82 Å². The molecule has 0 saturated heterocycles. The summed E-state index contributed by atoms with van der Waals surface area (Å²) in [5.74, 6) is -0.570. The lowest BCUT2D eigenvalue weighted by atomic mass is 10.1. The third kappa shape index (κ3) is 2.36. The zero-order chi connectivity index (χ0) is 12.4. The minimum atomic E-state index is -0.304. The molecule has 0 N–H and O–H groups in total. The number of halogens is 2. The number of nitrogens with zero attached hydrogens (tertiary/aromatic N) is 2. The largest absolute Gasteiger partial charge is 0.291 e. The Balaban J connectivity index is 2.41. The van der Waals surface area contributed by atoms with Crippen LogP contribution in [0.1, 0.15) is 10.5 Å². The van der Waals surface area contributed by atoms with Gasteiger partial charge in [-0.2, -0.15) is 5.10 Å². The van der Waals surface area contributed by atoms with Gasteiger partial charge < -0.3 is 0 Å². The van der Waals surface area contributed by atoms with Gasteiger partial charge in [0.25, 0.3) is 0 Å². The van der Waals surface area contributed by atoms with E-state index in [4.69, 9.17) is 11.6 Å². The molecule has 0 radical (unpaired) electrons. The minimum absolute atomic E-state index is 0.0810. The number of hydrogen-bond acceptors (Lipinski definition) is 2. The van der Waals surface area contributed by atoms with Crippen molar-refractivity contribution in [2.75, 3.05) is 5.88 Å². The average molecular weight is 253 g/mol. The summed E-state index contributed by atoms with van der Waals surface area (Å²) < 4.78 is 14.2. The van der Waals surface area contributed by atoms with Gasteiger partial charge in [0.2, 0.25) is 0 Å². The summed E-state index contributed by atoms with van der Waals surface area (Å²) >= 11 is 5.49. The summed E-state index contributed by atoms with van der Waals surface area (Å²) in [6.45, 7) is 0. The molecule has 0 aliphatic carbocycles. The Morgan fingerprint density at radius 2 is 2.06 bits per heavy atom. The number of aromatic nitrogens is 2. The number of carbonyl (C=O) groups is 1. The van der Waals surface area contributed by atoms with E-state index in [1.807, 2.05) is 0 Å². The van der Waals surface area contributed by atoms with Crippen molar-refractivity contribution in [3.05, 3.63) is 41.8 Å². The van der Waals surface area contributed by atoms with Gasteiger partial charge in [0.1, 0.15) is 11.5 Å². The van der Waals surface area contributed by atoms with E-state index in [1.54, 1.807) is 25.2 Å². The number of aryl methyl sites for hydroxylation is 1. The molecule has 1 aromatic carbocycles. The quantitative estimate of drug-likeness (QED) is 0.622. The van der Waals surface area contributed by atoms with Crippen LogP contribution in [-0.2, 0) is 7.05 Å². The van der Waals surface area contributed by atoms with Gasteiger partial charge >= 0.3 is 0 Å². The van der Waals surface area contributed by atoms with E-state index in [1.165, 1.54) is 16.8 Å². The third-order valence-electron chi connectivity index (χ3n) is 2.43. The summed E-state index contributed by atoms with van der Waals surface area (Å²) in [7, 11) is 1.67. The highest BCUT2D eigenvalue weighted by Gasteiger charge is 2.13. The number of ketones is 1. The predicted octanol–water partition coefficient (Wildman–Crippen LogP) is 2.65. The van der Waals surface area contributed by atoms with Gasteiger partial charge in [0, 0.05) is 12.6 Å². The topological polar surface area (TPSA) is 34.9 Å². The Morgan fingerprint density at radius 3 is 2.65 bits per heavy atom. The van der Waals surface area contributed by atoms with Gasteiger partial charge in [0.05, 0.1) is 11.6 Å². The molecule has 2 rings (SSSR count). The molecule has 5 heteroatoms. The van der Waals surface area contributed by atoms with E-state index in [0.29, 0.717) is 11.4 Å². The number of rotatable bonds is 3. The Kier molecular flexibility index (Phi) is 3.24. The summed E-state index contributed by atoms with van der Waals surface area (Å²) in [6.07, 6.45) is 0. The number of hydrogen-bond donors (Lipinski definition) is 0. The number of Topliss-reactive ketones (excluding diaryl/α,β-unsaturated/α-hetero) is 1. The van der Waals surface area contributed by atoms with Crippen molar-refractivity contribution >= 4 is 17.4 Å². The molecule has 0 unspecified atom stereocenters. The molecule has 1 aromatic heterocycles. The van der Waals surface area contributed by atoms with E-state index in [9.17, 15) is 9.18 Å². The maximum absolute atomic E-state index is 12.8. The molecule has 0 aliphatic heterocycles. The second-order valence-electron chi connectivity index (χ2n) is 3.60.